The molecule has 1 N–H and O–H groups in total. The Morgan fingerprint density at radius 1 is 0.353 bits per heavy atom. The number of carbonyl (C=O) groups excluding carboxylic acids is 2. The van der Waals surface area contributed by atoms with Crippen LogP contribution in [0.4, 0.5) is 0 Å². The zero-order chi connectivity index (χ0) is 61.9. The second-order valence-electron chi connectivity index (χ2n) is 23.0. The Labute approximate surface area is 521 Å². The molecule has 0 aromatic rings. The topological polar surface area (TPSA) is 108 Å². The Bertz CT molecular complexity index is 1950. The number of hydrogen-bond acceptors (Lipinski definition) is 7. The molecule has 0 heterocycles. The molecule has 0 spiro atoms. The van der Waals surface area contributed by atoms with Crippen LogP contribution in [0.1, 0.15) is 245 Å². The van der Waals surface area contributed by atoms with Crippen LogP contribution in [-0.4, -0.2) is 87.4 Å². The van der Waals surface area contributed by atoms with Gasteiger partial charge < -0.3 is 28.5 Å². The first-order valence-corrected chi connectivity index (χ1v) is 33.6. The fourth-order valence-electron chi connectivity index (χ4n) is 8.70. The van der Waals surface area contributed by atoms with E-state index in [1.807, 2.05) is 21.1 Å². The average Bonchev–Trinajstić information content (AvgIpc) is 3.48. The van der Waals surface area contributed by atoms with Crippen molar-refractivity contribution in [2.45, 2.75) is 257 Å². The molecule has 9 heteroatoms. The Hall–Kier alpha value is -5.09. The molecular weight excluding hydrogens is 1050 g/mol. The molecule has 0 saturated heterocycles. The van der Waals surface area contributed by atoms with Crippen molar-refractivity contribution in [3.05, 3.63) is 158 Å². The van der Waals surface area contributed by atoms with Gasteiger partial charge in [-0.15, -0.1) is 0 Å². The van der Waals surface area contributed by atoms with Crippen LogP contribution < -0.4 is 0 Å². The number of rotatable bonds is 60. The lowest BCUT2D eigenvalue weighted by atomic mass is 10.0. The van der Waals surface area contributed by atoms with E-state index in [0.29, 0.717) is 17.4 Å². The van der Waals surface area contributed by atoms with Crippen molar-refractivity contribution in [3.63, 3.8) is 0 Å². The van der Waals surface area contributed by atoms with Crippen LogP contribution in [0.2, 0.25) is 0 Å². The van der Waals surface area contributed by atoms with Crippen LogP contribution in [0.5, 0.6) is 0 Å². The van der Waals surface area contributed by atoms with Gasteiger partial charge in [0.25, 0.3) is 6.29 Å². The predicted octanol–water partition coefficient (Wildman–Crippen LogP) is 20.9. The number of aliphatic carboxylic acids is 1. The molecule has 2 unspecified atom stereocenters. The molecule has 480 valence electrons. The fourth-order valence-corrected chi connectivity index (χ4v) is 8.70. The summed E-state index contributed by atoms with van der Waals surface area (Å²) in [6.07, 6.45) is 93.4. The number of esters is 2. The Kier molecular flexibility index (Phi) is 61.0. The molecule has 0 amide bonds. The first-order valence-electron chi connectivity index (χ1n) is 33.6. The number of likely N-dealkylation sites (N-methyl/N-ethyl adjacent to an activating group) is 1. The molecule has 0 fully saturated rings. The smallest absolute Gasteiger partial charge is 0.361 e. The van der Waals surface area contributed by atoms with Gasteiger partial charge in [0, 0.05) is 12.8 Å². The quantitative estimate of drug-likeness (QED) is 0.0211. The van der Waals surface area contributed by atoms with Gasteiger partial charge in [-0.05, 0) is 122 Å². The zero-order valence-corrected chi connectivity index (χ0v) is 54.7. The summed E-state index contributed by atoms with van der Waals surface area (Å²) in [5, 5.41) is 9.74. The zero-order valence-electron chi connectivity index (χ0n) is 54.7. The fraction of sp³-hybridized carbons (Fsp3) is 0.618. The van der Waals surface area contributed by atoms with E-state index in [9.17, 15) is 19.5 Å². The molecule has 0 radical (unpaired) electrons. The molecule has 9 nitrogen and oxygen atoms in total. The molecule has 85 heavy (non-hydrogen) atoms. The predicted molar refractivity (Wildman–Crippen MR) is 363 cm³/mol. The lowest BCUT2D eigenvalue weighted by molar-refractivity contribution is -0.870. The second kappa shape index (κ2) is 64.9. The third-order valence-electron chi connectivity index (χ3n) is 13.8. The van der Waals surface area contributed by atoms with Crippen molar-refractivity contribution in [2.75, 3.05) is 47.5 Å². The highest BCUT2D eigenvalue weighted by Crippen LogP contribution is 2.16. The van der Waals surface area contributed by atoms with Gasteiger partial charge in [-0.2, -0.15) is 0 Å². The Balaban J connectivity index is 4.19. The van der Waals surface area contributed by atoms with Gasteiger partial charge in [0.2, 0.25) is 0 Å². The summed E-state index contributed by atoms with van der Waals surface area (Å²) in [6.45, 7) is 4.62. The number of carbonyl (C=O) groups is 3. The van der Waals surface area contributed by atoms with E-state index >= 15 is 0 Å². The molecular formula is C76H124NO8+. The number of allylic oxidation sites excluding steroid dienone is 26. The Morgan fingerprint density at radius 3 is 0.941 bits per heavy atom. The van der Waals surface area contributed by atoms with Crippen molar-refractivity contribution in [1.82, 2.24) is 0 Å². The lowest BCUT2D eigenvalue weighted by Gasteiger charge is -2.25. The van der Waals surface area contributed by atoms with E-state index in [2.05, 4.69) is 172 Å². The minimum Gasteiger partial charge on any atom is -0.477 e. The number of ether oxygens (including phenoxy) is 4. The maximum Gasteiger partial charge on any atom is 0.361 e. The number of hydrogen-bond donors (Lipinski definition) is 1. The van der Waals surface area contributed by atoms with Gasteiger partial charge >= 0.3 is 17.9 Å². The van der Waals surface area contributed by atoms with E-state index < -0.39 is 24.3 Å². The number of carboxylic acids is 1. The number of carboxylic acid groups (broad SMARTS) is 1. The molecule has 0 rings (SSSR count). The molecule has 0 aliphatic rings. The highest BCUT2D eigenvalue weighted by Gasteiger charge is 2.25. The summed E-state index contributed by atoms with van der Waals surface area (Å²) < 4.78 is 22.9. The van der Waals surface area contributed by atoms with Gasteiger partial charge in [-0.25, -0.2) is 4.79 Å². The largest absolute Gasteiger partial charge is 0.477 e. The van der Waals surface area contributed by atoms with Crippen molar-refractivity contribution >= 4 is 17.9 Å². The molecule has 0 bridgehead atoms. The standard InChI is InChI=1S/C76H123NO8/c1-6-8-10-12-14-16-18-20-22-24-26-28-30-31-32-33-34-35-36-37-38-39-40-41-42-43-45-47-49-51-53-55-57-59-61-63-65-67-74(79)85-72(71-84-76(75(80)81)82-69-68-77(3,4)5)70-83-73(78)66-64-62-60-58-56-54-52-50-48-46-44-29-27-25-23-21-19-17-15-13-11-9-7-2/h8-11,14-17,20-23,26-29,31-32,34-35,37-38,40-41,46,48,72,76H,6-7,12-13,18-19,24-25,30,33,36,39,42-45,47,49-71H2,1-5H3/p+1/b10-8-,11-9-,16-14-,17-15-,22-20-,23-21-,28-26-,29-27-,32-31-,35-34-,38-37-,41-40-,48-46-. The highest BCUT2D eigenvalue weighted by molar-refractivity contribution is 5.71. The summed E-state index contributed by atoms with van der Waals surface area (Å²) in [7, 11) is 5.96. The van der Waals surface area contributed by atoms with Gasteiger partial charge in [0.1, 0.15) is 13.2 Å². The van der Waals surface area contributed by atoms with Crippen molar-refractivity contribution < 1.29 is 42.9 Å². The van der Waals surface area contributed by atoms with Crippen LogP contribution in [0.25, 0.3) is 0 Å². The summed E-state index contributed by atoms with van der Waals surface area (Å²) in [6, 6.07) is 0. The van der Waals surface area contributed by atoms with E-state index in [1.54, 1.807) is 0 Å². The summed E-state index contributed by atoms with van der Waals surface area (Å²) >= 11 is 0. The molecule has 0 aliphatic heterocycles. The van der Waals surface area contributed by atoms with Gasteiger partial charge in [0.15, 0.2) is 6.10 Å². The minimum atomic E-state index is -1.52. The first-order chi connectivity index (χ1) is 41.6. The normalized spacial score (nSPS) is 13.8. The van der Waals surface area contributed by atoms with Crippen LogP contribution in [0.15, 0.2) is 158 Å². The number of unbranched alkanes of at least 4 members (excludes halogenated alkanes) is 19. The molecule has 0 aromatic heterocycles. The molecule has 0 aliphatic carbocycles. The average molecular weight is 1180 g/mol. The van der Waals surface area contributed by atoms with Crippen molar-refractivity contribution in [2.24, 2.45) is 0 Å². The first kappa shape index (κ1) is 79.9. The maximum absolute atomic E-state index is 12.9. The molecule has 0 aromatic carbocycles. The summed E-state index contributed by atoms with van der Waals surface area (Å²) in [5.41, 5.74) is 0. The molecule has 2 atom stereocenters. The lowest BCUT2D eigenvalue weighted by Crippen LogP contribution is -2.40. The van der Waals surface area contributed by atoms with E-state index in [0.717, 1.165) is 135 Å². The molecule has 0 saturated carbocycles. The minimum absolute atomic E-state index is 0.177. The van der Waals surface area contributed by atoms with Crippen molar-refractivity contribution in [1.29, 1.82) is 0 Å². The maximum atomic E-state index is 12.9. The second-order valence-corrected chi connectivity index (χ2v) is 23.0. The van der Waals surface area contributed by atoms with Crippen molar-refractivity contribution in [3.8, 4) is 0 Å². The summed E-state index contributed by atoms with van der Waals surface area (Å²) in [5.74, 6) is -2.03. The van der Waals surface area contributed by atoms with Crippen LogP contribution >= 0.6 is 0 Å². The number of nitrogens with zero attached hydrogens (tertiary/aromatic N) is 1. The summed E-state index contributed by atoms with van der Waals surface area (Å²) in [4.78, 5) is 37.6. The van der Waals surface area contributed by atoms with Gasteiger partial charge in [-0.3, -0.25) is 9.59 Å². The van der Waals surface area contributed by atoms with E-state index in [-0.39, 0.29) is 38.6 Å². The SMILES string of the molecule is CC/C=C\C/C=C\C/C=C\C/C=C\C/C=C\C/C=C\C/C=C\C/C=C\CCCCCCCCCCCCCCC(=O)OC(COC(=O)CCCCCCCCC/C=C\C/C=C\C/C=C\C/C=C\C/C=C\CC)COC(OCC[N+](C)(C)C)C(=O)O. The van der Waals surface area contributed by atoms with E-state index in [4.69, 9.17) is 18.9 Å². The third-order valence-corrected chi connectivity index (χ3v) is 13.8. The van der Waals surface area contributed by atoms with E-state index in [1.165, 1.54) is 77.0 Å². The van der Waals surface area contributed by atoms with Crippen LogP contribution in [0, 0.1) is 0 Å². The van der Waals surface area contributed by atoms with Gasteiger partial charge in [0.05, 0.1) is 34.4 Å². The van der Waals surface area contributed by atoms with Crippen LogP contribution in [0.3, 0.4) is 0 Å². The Morgan fingerprint density at radius 2 is 0.635 bits per heavy atom. The van der Waals surface area contributed by atoms with Crippen LogP contribution in [-0.2, 0) is 33.3 Å². The monoisotopic (exact) mass is 1180 g/mol. The van der Waals surface area contributed by atoms with Gasteiger partial charge in [-0.1, -0.05) is 268 Å². The third kappa shape index (κ3) is 66.3. The highest BCUT2D eigenvalue weighted by atomic mass is 16.7. The number of quaternary nitrogens is 1.